The molecule has 2 amide bonds. The summed E-state index contributed by atoms with van der Waals surface area (Å²) in [7, 11) is 1.56. The van der Waals surface area contributed by atoms with Crippen LogP contribution in [0.25, 0.3) is 16.9 Å². The number of alkyl halides is 3. The summed E-state index contributed by atoms with van der Waals surface area (Å²) in [5.74, 6) is -0.423. The summed E-state index contributed by atoms with van der Waals surface area (Å²) >= 11 is 0. The van der Waals surface area contributed by atoms with Gasteiger partial charge >= 0.3 is 6.18 Å². The Kier molecular flexibility index (Phi) is 7.57. The average molecular weight is 566 g/mol. The molecule has 4 aromatic rings. The molecule has 6 nitrogen and oxygen atoms in total. The van der Waals surface area contributed by atoms with Crippen molar-refractivity contribution in [2.75, 3.05) is 33.3 Å². The third-order valence-electron chi connectivity index (χ3n) is 7.27. The molecule has 1 saturated heterocycles. The van der Waals surface area contributed by atoms with Gasteiger partial charge < -0.3 is 19.1 Å². The molecular formula is C31H27F4N3O3. The molecule has 0 atom stereocenters. The summed E-state index contributed by atoms with van der Waals surface area (Å²) in [6.07, 6.45) is -4.48. The van der Waals surface area contributed by atoms with Crippen molar-refractivity contribution in [2.45, 2.75) is 13.1 Å². The lowest BCUT2D eigenvalue weighted by atomic mass is 10.1. The monoisotopic (exact) mass is 565 g/mol. The van der Waals surface area contributed by atoms with Gasteiger partial charge in [-0.2, -0.15) is 13.2 Å². The number of carbonyl (C=O) groups is 2. The number of para-hydroxylation sites is 1. The number of methoxy groups -OCH3 is 1. The molecule has 1 fully saturated rings. The molecule has 0 aliphatic carbocycles. The number of benzene rings is 3. The van der Waals surface area contributed by atoms with Crippen LogP contribution in [0.3, 0.4) is 0 Å². The SMILES string of the molecule is COc1ccc(-c2cc(C(=O)N3CCN(C(=O)c4ccc(C(F)(F)F)cc4)CC3)c(C)n2-c2ccccc2F)cc1. The normalized spacial score (nSPS) is 13.8. The number of nitrogens with zero attached hydrogens (tertiary/aromatic N) is 3. The first kappa shape index (κ1) is 27.9. The summed E-state index contributed by atoms with van der Waals surface area (Å²) < 4.78 is 60.5. The quantitative estimate of drug-likeness (QED) is 0.270. The van der Waals surface area contributed by atoms with Crippen LogP contribution in [0.2, 0.25) is 0 Å². The van der Waals surface area contributed by atoms with Crippen molar-refractivity contribution in [3.63, 3.8) is 0 Å². The third kappa shape index (κ3) is 5.54. The molecule has 3 aromatic carbocycles. The van der Waals surface area contributed by atoms with Gasteiger partial charge in [0.05, 0.1) is 29.6 Å². The van der Waals surface area contributed by atoms with E-state index in [-0.39, 0.29) is 37.6 Å². The fraction of sp³-hybridized carbons (Fsp3) is 0.226. The maximum absolute atomic E-state index is 14.9. The van der Waals surface area contributed by atoms with E-state index in [1.165, 1.54) is 11.0 Å². The predicted molar refractivity (Wildman–Crippen MR) is 146 cm³/mol. The van der Waals surface area contributed by atoms with Crippen molar-refractivity contribution in [2.24, 2.45) is 0 Å². The van der Waals surface area contributed by atoms with Crippen LogP contribution in [0.5, 0.6) is 5.75 Å². The van der Waals surface area contributed by atoms with Crippen molar-refractivity contribution < 1.29 is 31.9 Å². The molecule has 0 spiro atoms. The zero-order valence-corrected chi connectivity index (χ0v) is 22.4. The molecular weight excluding hydrogens is 538 g/mol. The summed E-state index contributed by atoms with van der Waals surface area (Å²) in [6, 6.07) is 19.4. The molecule has 5 rings (SSSR count). The van der Waals surface area contributed by atoms with E-state index in [2.05, 4.69) is 0 Å². The highest BCUT2D eigenvalue weighted by atomic mass is 19.4. The average Bonchev–Trinajstić information content (AvgIpc) is 3.33. The minimum absolute atomic E-state index is 0.153. The molecule has 0 N–H and O–H groups in total. The fourth-order valence-corrected chi connectivity index (χ4v) is 5.01. The topological polar surface area (TPSA) is 54.8 Å². The number of aromatic nitrogens is 1. The van der Waals surface area contributed by atoms with Crippen molar-refractivity contribution in [1.82, 2.24) is 14.4 Å². The molecule has 41 heavy (non-hydrogen) atoms. The van der Waals surface area contributed by atoms with Crippen LogP contribution in [0.1, 0.15) is 32.0 Å². The van der Waals surface area contributed by atoms with Crippen molar-refractivity contribution in [3.05, 3.63) is 107 Å². The molecule has 0 bridgehead atoms. The Hall–Kier alpha value is -4.60. The van der Waals surface area contributed by atoms with Crippen LogP contribution in [-0.4, -0.2) is 59.5 Å². The second kappa shape index (κ2) is 11.1. The zero-order chi connectivity index (χ0) is 29.3. The second-order valence-corrected chi connectivity index (χ2v) is 9.70. The van der Waals surface area contributed by atoms with Gasteiger partial charge in [-0.25, -0.2) is 4.39 Å². The molecule has 2 heterocycles. The number of hydrogen-bond acceptors (Lipinski definition) is 3. The van der Waals surface area contributed by atoms with E-state index in [4.69, 9.17) is 4.74 Å². The number of piperazine rings is 1. The Morgan fingerprint density at radius 3 is 1.95 bits per heavy atom. The van der Waals surface area contributed by atoms with Crippen LogP contribution >= 0.6 is 0 Å². The minimum Gasteiger partial charge on any atom is -0.497 e. The lowest BCUT2D eigenvalue weighted by molar-refractivity contribution is -0.137. The van der Waals surface area contributed by atoms with Gasteiger partial charge in [0.15, 0.2) is 0 Å². The van der Waals surface area contributed by atoms with Gasteiger partial charge in [0.1, 0.15) is 11.6 Å². The lowest BCUT2D eigenvalue weighted by Crippen LogP contribution is -2.50. The maximum Gasteiger partial charge on any atom is 0.416 e. The summed E-state index contributed by atoms with van der Waals surface area (Å²) in [5.41, 5.74) is 2.01. The number of hydrogen-bond donors (Lipinski definition) is 0. The molecule has 212 valence electrons. The van der Waals surface area contributed by atoms with Crippen molar-refractivity contribution in [1.29, 1.82) is 0 Å². The largest absolute Gasteiger partial charge is 0.497 e. The van der Waals surface area contributed by atoms with Crippen LogP contribution in [0, 0.1) is 12.7 Å². The van der Waals surface area contributed by atoms with Crippen molar-refractivity contribution in [3.8, 4) is 22.7 Å². The Morgan fingerprint density at radius 2 is 1.39 bits per heavy atom. The van der Waals surface area contributed by atoms with E-state index in [9.17, 15) is 27.2 Å². The van der Waals surface area contributed by atoms with Crippen LogP contribution in [-0.2, 0) is 6.18 Å². The molecule has 0 saturated carbocycles. The van der Waals surface area contributed by atoms with Crippen LogP contribution in [0.4, 0.5) is 17.6 Å². The van der Waals surface area contributed by atoms with E-state index < -0.39 is 23.5 Å². The number of ether oxygens (including phenoxy) is 1. The summed E-state index contributed by atoms with van der Waals surface area (Å²) in [6.45, 7) is 2.70. The van der Waals surface area contributed by atoms with Crippen molar-refractivity contribution >= 4 is 11.8 Å². The summed E-state index contributed by atoms with van der Waals surface area (Å²) in [4.78, 5) is 29.7. The first-order chi connectivity index (χ1) is 19.6. The molecule has 0 unspecified atom stereocenters. The van der Waals surface area contributed by atoms with Gasteiger partial charge in [-0.1, -0.05) is 12.1 Å². The van der Waals surface area contributed by atoms with Crippen LogP contribution < -0.4 is 4.74 Å². The molecule has 1 aliphatic rings. The molecule has 1 aromatic heterocycles. The van der Waals surface area contributed by atoms with E-state index in [0.717, 1.165) is 29.8 Å². The van der Waals surface area contributed by atoms with E-state index in [1.54, 1.807) is 59.9 Å². The van der Waals surface area contributed by atoms with Gasteiger partial charge in [-0.05, 0) is 79.2 Å². The lowest BCUT2D eigenvalue weighted by Gasteiger charge is -2.35. The smallest absolute Gasteiger partial charge is 0.416 e. The van der Waals surface area contributed by atoms with E-state index in [1.807, 2.05) is 12.1 Å². The predicted octanol–water partition coefficient (Wildman–Crippen LogP) is 6.22. The van der Waals surface area contributed by atoms with Gasteiger partial charge in [0, 0.05) is 37.4 Å². The number of rotatable bonds is 5. The second-order valence-electron chi connectivity index (χ2n) is 9.70. The van der Waals surface area contributed by atoms with Gasteiger partial charge in [0.25, 0.3) is 11.8 Å². The highest BCUT2D eigenvalue weighted by Crippen LogP contribution is 2.33. The Morgan fingerprint density at radius 1 is 0.805 bits per heavy atom. The fourth-order valence-electron chi connectivity index (χ4n) is 5.01. The third-order valence-corrected chi connectivity index (χ3v) is 7.27. The number of halogens is 4. The van der Waals surface area contributed by atoms with Gasteiger partial charge in [-0.3, -0.25) is 9.59 Å². The Balaban J connectivity index is 1.38. The maximum atomic E-state index is 14.9. The number of carbonyl (C=O) groups excluding carboxylic acids is 2. The highest BCUT2D eigenvalue weighted by molar-refractivity contribution is 5.98. The Labute approximate surface area is 234 Å². The molecule has 10 heteroatoms. The summed E-state index contributed by atoms with van der Waals surface area (Å²) in [5, 5.41) is 0. The Bertz CT molecular complexity index is 1570. The minimum atomic E-state index is -4.48. The molecule has 0 radical (unpaired) electrons. The zero-order valence-electron chi connectivity index (χ0n) is 22.4. The van der Waals surface area contributed by atoms with Gasteiger partial charge in [-0.15, -0.1) is 0 Å². The first-order valence-electron chi connectivity index (χ1n) is 13.0. The molecule has 1 aliphatic heterocycles. The first-order valence-corrected chi connectivity index (χ1v) is 13.0. The number of amides is 2. The standard InChI is InChI=1S/C31H27F4N3O3/c1-20-25(19-28(21-9-13-24(41-2)14-10-21)38(20)27-6-4-3-5-26(27)32)30(40)37-17-15-36(16-18-37)29(39)22-7-11-23(12-8-22)31(33,34)35/h3-14,19H,15-18H2,1-2H3. The highest BCUT2D eigenvalue weighted by Gasteiger charge is 2.32. The van der Waals surface area contributed by atoms with Crippen LogP contribution in [0.15, 0.2) is 78.9 Å². The van der Waals surface area contributed by atoms with Gasteiger partial charge in [0.2, 0.25) is 0 Å². The van der Waals surface area contributed by atoms with E-state index >= 15 is 0 Å². The van der Waals surface area contributed by atoms with E-state index in [0.29, 0.717) is 28.4 Å².